The Bertz CT molecular complexity index is 1450. The summed E-state index contributed by atoms with van der Waals surface area (Å²) in [6.45, 7) is 9.19. The molecule has 38 heavy (non-hydrogen) atoms. The molecule has 0 fully saturated rings. The van der Waals surface area contributed by atoms with Crippen LogP contribution in [0, 0.1) is 0 Å². The average Bonchev–Trinajstić information content (AvgIpc) is 3.49. The number of aliphatic imine (C=N–C) groups is 2. The zero-order valence-electron chi connectivity index (χ0n) is 21.7. The standard InChI is InChI=1S/C29H27N7O2/c1-28(2)16-37-26(35-28)21-12-10-19(14-30-21)24-32-23(18-8-6-5-7-9-18)33-25(34-24)20-11-13-22(31-15-20)27-36-29(3,4)17-38-27/h5-15H,16-17H2,1-4H3. The minimum atomic E-state index is -0.250. The number of benzene rings is 1. The van der Waals surface area contributed by atoms with Crippen molar-refractivity contribution in [3.05, 3.63) is 78.4 Å². The van der Waals surface area contributed by atoms with Crippen LogP contribution in [0.2, 0.25) is 0 Å². The minimum Gasteiger partial charge on any atom is -0.474 e. The van der Waals surface area contributed by atoms with Crippen LogP contribution in [0.5, 0.6) is 0 Å². The maximum atomic E-state index is 5.73. The van der Waals surface area contributed by atoms with E-state index < -0.39 is 0 Å². The van der Waals surface area contributed by atoms with Crippen LogP contribution in [-0.2, 0) is 9.47 Å². The van der Waals surface area contributed by atoms with Crippen molar-refractivity contribution in [2.45, 2.75) is 38.8 Å². The largest absolute Gasteiger partial charge is 0.474 e. The van der Waals surface area contributed by atoms with E-state index in [4.69, 9.17) is 24.4 Å². The van der Waals surface area contributed by atoms with Crippen molar-refractivity contribution in [1.82, 2.24) is 24.9 Å². The van der Waals surface area contributed by atoms with E-state index in [2.05, 4.69) is 20.0 Å². The van der Waals surface area contributed by atoms with Gasteiger partial charge in [-0.05, 0) is 52.0 Å². The highest BCUT2D eigenvalue weighted by Crippen LogP contribution is 2.26. The molecule has 2 aliphatic rings. The van der Waals surface area contributed by atoms with Gasteiger partial charge in [-0.25, -0.2) is 24.9 Å². The third kappa shape index (κ3) is 4.87. The molecule has 190 valence electrons. The monoisotopic (exact) mass is 505 g/mol. The lowest BCUT2D eigenvalue weighted by Gasteiger charge is -2.09. The second kappa shape index (κ2) is 9.09. The molecule has 1 aromatic carbocycles. The van der Waals surface area contributed by atoms with Crippen LogP contribution in [0.3, 0.4) is 0 Å². The maximum Gasteiger partial charge on any atom is 0.236 e. The summed E-state index contributed by atoms with van der Waals surface area (Å²) in [5, 5.41) is 0. The number of hydrogen-bond acceptors (Lipinski definition) is 9. The molecule has 5 heterocycles. The predicted octanol–water partition coefficient (Wildman–Crippen LogP) is 4.77. The molecule has 6 rings (SSSR count). The van der Waals surface area contributed by atoms with Crippen LogP contribution in [0.1, 0.15) is 39.1 Å². The molecule has 0 bridgehead atoms. The third-order valence-electron chi connectivity index (χ3n) is 6.08. The smallest absolute Gasteiger partial charge is 0.236 e. The SMILES string of the molecule is CC1(C)COC(c2ccc(-c3nc(-c4ccccc4)nc(-c4ccc(C5=NC(C)(C)CO5)nc4)n3)cn2)=N1. The van der Waals surface area contributed by atoms with E-state index >= 15 is 0 Å². The average molecular weight is 506 g/mol. The van der Waals surface area contributed by atoms with Gasteiger partial charge in [0, 0.05) is 29.1 Å². The van der Waals surface area contributed by atoms with Crippen LogP contribution in [0.4, 0.5) is 0 Å². The second-order valence-corrected chi connectivity index (χ2v) is 10.6. The van der Waals surface area contributed by atoms with Gasteiger partial charge >= 0.3 is 0 Å². The maximum absolute atomic E-state index is 5.73. The highest BCUT2D eigenvalue weighted by Gasteiger charge is 2.28. The van der Waals surface area contributed by atoms with Crippen LogP contribution in [0.15, 0.2) is 77.0 Å². The van der Waals surface area contributed by atoms with Crippen molar-refractivity contribution in [3.63, 3.8) is 0 Å². The Morgan fingerprint density at radius 1 is 0.553 bits per heavy atom. The van der Waals surface area contributed by atoms with E-state index in [1.165, 1.54) is 0 Å². The van der Waals surface area contributed by atoms with Crippen LogP contribution >= 0.6 is 0 Å². The molecule has 9 heteroatoms. The van der Waals surface area contributed by atoms with E-state index in [0.29, 0.717) is 53.9 Å². The quantitative estimate of drug-likeness (QED) is 0.384. The highest BCUT2D eigenvalue weighted by atomic mass is 16.5. The molecule has 0 aliphatic carbocycles. The molecule has 3 aromatic heterocycles. The van der Waals surface area contributed by atoms with Crippen molar-refractivity contribution in [3.8, 4) is 34.2 Å². The molecule has 0 N–H and O–H groups in total. The summed E-state index contributed by atoms with van der Waals surface area (Å²) in [6.07, 6.45) is 3.47. The van der Waals surface area contributed by atoms with Crippen molar-refractivity contribution in [2.75, 3.05) is 13.2 Å². The molecule has 0 atom stereocenters. The lowest BCUT2D eigenvalue weighted by atomic mass is 10.1. The first-order valence-corrected chi connectivity index (χ1v) is 12.5. The Labute approximate surface area is 220 Å². The Kier molecular flexibility index (Phi) is 5.71. The number of hydrogen-bond donors (Lipinski definition) is 0. The number of ether oxygens (including phenoxy) is 2. The summed E-state index contributed by atoms with van der Waals surface area (Å²) >= 11 is 0. The van der Waals surface area contributed by atoms with Gasteiger partial charge in [0.1, 0.15) is 24.6 Å². The number of rotatable bonds is 5. The molecule has 2 aliphatic heterocycles. The summed E-state index contributed by atoms with van der Waals surface area (Å²) in [7, 11) is 0. The third-order valence-corrected chi connectivity index (χ3v) is 6.08. The Morgan fingerprint density at radius 2 is 1.00 bits per heavy atom. The molecule has 0 spiro atoms. The van der Waals surface area contributed by atoms with Crippen molar-refractivity contribution < 1.29 is 9.47 Å². The summed E-state index contributed by atoms with van der Waals surface area (Å²) in [5.41, 5.74) is 3.26. The first-order chi connectivity index (χ1) is 18.2. The molecule has 0 amide bonds. The first-order valence-electron chi connectivity index (χ1n) is 12.5. The molecule has 9 nitrogen and oxygen atoms in total. The fourth-order valence-electron chi connectivity index (χ4n) is 4.09. The van der Waals surface area contributed by atoms with Gasteiger partial charge in [0.05, 0.1) is 11.1 Å². The number of pyridine rings is 2. The van der Waals surface area contributed by atoms with Crippen LogP contribution < -0.4 is 0 Å². The van der Waals surface area contributed by atoms with Gasteiger partial charge < -0.3 is 9.47 Å². The van der Waals surface area contributed by atoms with E-state index in [-0.39, 0.29) is 11.1 Å². The summed E-state index contributed by atoms with van der Waals surface area (Å²) in [5.74, 6) is 2.68. The zero-order valence-corrected chi connectivity index (χ0v) is 21.7. The molecule has 4 aromatic rings. The molecule has 0 radical (unpaired) electrons. The summed E-state index contributed by atoms with van der Waals surface area (Å²) in [6, 6.07) is 17.4. The van der Waals surface area contributed by atoms with Gasteiger partial charge in [0.15, 0.2) is 17.5 Å². The molecule has 0 saturated heterocycles. The molecular formula is C29H27N7O2. The van der Waals surface area contributed by atoms with E-state index in [9.17, 15) is 0 Å². The zero-order chi connectivity index (χ0) is 26.3. The highest BCUT2D eigenvalue weighted by molar-refractivity contribution is 5.94. The van der Waals surface area contributed by atoms with Crippen molar-refractivity contribution >= 4 is 11.8 Å². The summed E-state index contributed by atoms with van der Waals surface area (Å²) < 4.78 is 11.5. The van der Waals surface area contributed by atoms with Crippen LogP contribution in [0.25, 0.3) is 34.2 Å². The normalized spacial score (nSPS) is 17.4. The summed E-state index contributed by atoms with van der Waals surface area (Å²) in [4.78, 5) is 32.7. The molecular weight excluding hydrogens is 478 g/mol. The fraction of sp³-hybridized carbons (Fsp3) is 0.276. The Hall–Kier alpha value is -4.53. The minimum absolute atomic E-state index is 0.250. The van der Waals surface area contributed by atoms with Gasteiger partial charge in [-0.3, -0.25) is 9.97 Å². The van der Waals surface area contributed by atoms with Gasteiger partial charge in [-0.2, -0.15) is 0 Å². The van der Waals surface area contributed by atoms with Gasteiger partial charge in [0.2, 0.25) is 11.8 Å². The number of aromatic nitrogens is 5. The van der Waals surface area contributed by atoms with Crippen LogP contribution in [-0.4, -0.2) is 61.0 Å². The lowest BCUT2D eigenvalue weighted by molar-refractivity contribution is 0.279. The predicted molar refractivity (Wildman–Crippen MR) is 145 cm³/mol. The Balaban J connectivity index is 1.37. The van der Waals surface area contributed by atoms with Crippen molar-refractivity contribution in [2.24, 2.45) is 9.98 Å². The van der Waals surface area contributed by atoms with E-state index in [1.54, 1.807) is 12.4 Å². The van der Waals surface area contributed by atoms with E-state index in [0.717, 1.165) is 16.7 Å². The van der Waals surface area contributed by atoms with Crippen molar-refractivity contribution in [1.29, 1.82) is 0 Å². The van der Waals surface area contributed by atoms with Gasteiger partial charge in [0.25, 0.3) is 0 Å². The number of nitrogens with zero attached hydrogens (tertiary/aromatic N) is 7. The fourth-order valence-corrected chi connectivity index (χ4v) is 4.09. The molecule has 0 unspecified atom stereocenters. The second-order valence-electron chi connectivity index (χ2n) is 10.6. The topological polar surface area (TPSA) is 108 Å². The van der Waals surface area contributed by atoms with Gasteiger partial charge in [-0.1, -0.05) is 30.3 Å². The van der Waals surface area contributed by atoms with E-state index in [1.807, 2.05) is 82.3 Å². The van der Waals surface area contributed by atoms with Gasteiger partial charge in [-0.15, -0.1) is 0 Å². The first kappa shape index (κ1) is 23.8. The molecule has 0 saturated carbocycles. The lowest BCUT2D eigenvalue weighted by Crippen LogP contribution is -2.17. The Morgan fingerprint density at radius 3 is 1.37 bits per heavy atom.